The van der Waals surface area contributed by atoms with Crippen LogP contribution in [0.5, 0.6) is 11.6 Å². The van der Waals surface area contributed by atoms with Gasteiger partial charge < -0.3 is 15.4 Å². The zero-order chi connectivity index (χ0) is 25.7. The number of benzene rings is 1. The molecule has 0 spiro atoms. The third-order valence-corrected chi connectivity index (χ3v) is 8.61. The predicted octanol–water partition coefficient (Wildman–Crippen LogP) is 6.49. The van der Waals surface area contributed by atoms with Gasteiger partial charge in [-0.3, -0.25) is 0 Å². The lowest BCUT2D eigenvalue weighted by Gasteiger charge is -2.33. The van der Waals surface area contributed by atoms with E-state index in [0.717, 1.165) is 30.0 Å². The predicted molar refractivity (Wildman–Crippen MR) is 149 cm³/mol. The van der Waals surface area contributed by atoms with Crippen molar-refractivity contribution in [2.24, 2.45) is 16.6 Å². The van der Waals surface area contributed by atoms with Crippen molar-refractivity contribution in [3.63, 3.8) is 0 Å². The molecule has 3 heterocycles. The first-order chi connectivity index (χ1) is 18.7. The molecule has 1 atom stereocenters. The summed E-state index contributed by atoms with van der Waals surface area (Å²) >= 11 is 0. The molecule has 3 aliphatic rings. The number of nitrogens with zero attached hydrogens (tertiary/aromatic N) is 6. The number of rotatable bonds is 8. The number of ether oxygens (including phenoxy) is 1. The van der Waals surface area contributed by atoms with E-state index < -0.39 is 0 Å². The Labute approximate surface area is 225 Å². The summed E-state index contributed by atoms with van der Waals surface area (Å²) in [5, 5.41) is 9.37. The molecule has 2 N–H and O–H groups in total. The molecule has 0 unspecified atom stereocenters. The van der Waals surface area contributed by atoms with Crippen LogP contribution in [0.25, 0.3) is 0 Å². The van der Waals surface area contributed by atoms with Crippen molar-refractivity contribution in [2.45, 2.75) is 89.1 Å². The number of para-hydroxylation sites is 1. The smallest absolute Gasteiger partial charge is 0.219 e. The lowest BCUT2D eigenvalue weighted by atomic mass is 9.82. The molecule has 3 aromatic rings. The third-order valence-electron chi connectivity index (χ3n) is 8.61. The second-order valence-electron chi connectivity index (χ2n) is 11.2. The number of aliphatic imine (C=N–C) groups is 1. The van der Waals surface area contributed by atoms with Crippen LogP contribution in [0.4, 0.5) is 5.69 Å². The number of hydrogen-bond acceptors (Lipinski definition) is 7. The monoisotopic (exact) mass is 513 g/mol. The first kappa shape index (κ1) is 24.9. The lowest BCUT2D eigenvalue weighted by molar-refractivity contribution is 0.205. The van der Waals surface area contributed by atoms with Gasteiger partial charge in [0.15, 0.2) is 5.96 Å². The quantitative estimate of drug-likeness (QED) is 0.370. The number of fused-ring (bicyclic) bond motifs is 1. The Morgan fingerprint density at radius 3 is 2.53 bits per heavy atom. The molecule has 200 valence electrons. The molecule has 8 nitrogen and oxygen atoms in total. The number of hydrogen-bond donors (Lipinski definition) is 1. The highest BCUT2D eigenvalue weighted by molar-refractivity contribution is 5.83. The van der Waals surface area contributed by atoms with E-state index in [2.05, 4.69) is 30.9 Å². The Bertz CT molecular complexity index is 1230. The summed E-state index contributed by atoms with van der Waals surface area (Å²) < 4.78 is 8.16. The Kier molecular flexibility index (Phi) is 7.56. The van der Waals surface area contributed by atoms with Crippen molar-refractivity contribution < 1.29 is 4.74 Å². The summed E-state index contributed by atoms with van der Waals surface area (Å²) in [7, 11) is 0. The average Bonchev–Trinajstić information content (AvgIpc) is 3.45. The zero-order valence-electron chi connectivity index (χ0n) is 22.2. The summed E-state index contributed by atoms with van der Waals surface area (Å²) in [6.07, 6.45) is 18.0. The molecule has 8 heteroatoms. The van der Waals surface area contributed by atoms with Gasteiger partial charge in [-0.1, -0.05) is 61.9 Å². The number of aromatic nitrogens is 4. The maximum absolute atomic E-state index is 6.44. The highest BCUT2D eigenvalue weighted by atomic mass is 16.5. The molecule has 38 heavy (non-hydrogen) atoms. The topological polar surface area (TPSA) is 94.5 Å². The van der Waals surface area contributed by atoms with Gasteiger partial charge in [-0.15, -0.1) is 5.10 Å². The van der Waals surface area contributed by atoms with Crippen molar-refractivity contribution >= 4 is 11.6 Å². The van der Waals surface area contributed by atoms with Gasteiger partial charge in [0.05, 0.1) is 23.6 Å². The van der Waals surface area contributed by atoms with Gasteiger partial charge in [0.25, 0.3) is 0 Å². The molecule has 0 amide bonds. The summed E-state index contributed by atoms with van der Waals surface area (Å²) in [5.41, 5.74) is 9.53. The van der Waals surface area contributed by atoms with E-state index in [4.69, 9.17) is 15.7 Å². The SMILES string of the molecule is NC1=Nc2cnc(Oc3ccccc3)cc2CN1CC[C@@H](C1CCCCC1)n1cc(C2CCCCC2)nn1. The van der Waals surface area contributed by atoms with E-state index in [1.165, 1.54) is 69.9 Å². The van der Waals surface area contributed by atoms with Crippen molar-refractivity contribution in [2.75, 3.05) is 6.54 Å². The molecular weight excluding hydrogens is 474 g/mol. The maximum atomic E-state index is 6.44. The van der Waals surface area contributed by atoms with Crippen LogP contribution in [-0.4, -0.2) is 37.4 Å². The fraction of sp³-hybridized carbons (Fsp3) is 0.533. The Balaban J connectivity index is 1.16. The van der Waals surface area contributed by atoms with Crippen LogP contribution in [0, 0.1) is 5.92 Å². The minimum atomic E-state index is 0.337. The summed E-state index contributed by atoms with van der Waals surface area (Å²) in [5.74, 6) is 3.11. The Morgan fingerprint density at radius 2 is 1.74 bits per heavy atom. The first-order valence-electron chi connectivity index (χ1n) is 14.5. The van der Waals surface area contributed by atoms with Crippen LogP contribution < -0.4 is 10.5 Å². The summed E-state index contributed by atoms with van der Waals surface area (Å²) in [6, 6.07) is 12.1. The third kappa shape index (κ3) is 5.69. The maximum Gasteiger partial charge on any atom is 0.219 e. The molecule has 1 aromatic carbocycles. The molecule has 6 rings (SSSR count). The van der Waals surface area contributed by atoms with Crippen molar-refractivity contribution in [1.29, 1.82) is 0 Å². The van der Waals surface area contributed by atoms with Crippen LogP contribution in [0.15, 0.2) is 53.8 Å². The van der Waals surface area contributed by atoms with Gasteiger partial charge in [-0.2, -0.15) is 0 Å². The highest BCUT2D eigenvalue weighted by Crippen LogP contribution is 2.37. The average molecular weight is 514 g/mol. The molecule has 1 aliphatic heterocycles. The lowest BCUT2D eigenvalue weighted by Crippen LogP contribution is -2.40. The Morgan fingerprint density at radius 1 is 0.974 bits per heavy atom. The summed E-state index contributed by atoms with van der Waals surface area (Å²) in [4.78, 5) is 11.3. The van der Waals surface area contributed by atoms with E-state index in [1.54, 1.807) is 6.20 Å². The minimum Gasteiger partial charge on any atom is -0.439 e. The molecule has 0 radical (unpaired) electrons. The molecule has 2 aliphatic carbocycles. The van der Waals surface area contributed by atoms with Crippen LogP contribution >= 0.6 is 0 Å². The summed E-state index contributed by atoms with van der Waals surface area (Å²) in [6.45, 7) is 1.52. The fourth-order valence-electron chi connectivity index (χ4n) is 6.46. The van der Waals surface area contributed by atoms with E-state index in [1.807, 2.05) is 36.4 Å². The standard InChI is InChI=1S/C30H39N7O/c31-30-33-26-19-32-29(38-25-14-8-3-9-15-25)18-24(26)20-36(30)17-16-28(23-12-6-2-7-13-23)37-21-27(34-35-37)22-10-4-1-5-11-22/h3,8-9,14-15,18-19,21-23,28H,1-2,4-7,10-13,16-17,20H2,(H2,31,33)/t28-/m0/s1. The second-order valence-corrected chi connectivity index (χ2v) is 11.2. The normalized spacial score (nSPS) is 19.6. The number of nitrogens with two attached hydrogens (primary N) is 1. The van der Waals surface area contributed by atoms with Gasteiger partial charge >= 0.3 is 0 Å². The first-order valence-corrected chi connectivity index (χ1v) is 14.5. The molecular formula is C30H39N7O. The second kappa shape index (κ2) is 11.5. The molecule has 0 bridgehead atoms. The molecule has 0 saturated heterocycles. The van der Waals surface area contributed by atoms with Crippen LogP contribution in [0.2, 0.25) is 0 Å². The largest absolute Gasteiger partial charge is 0.439 e. The van der Waals surface area contributed by atoms with Gasteiger partial charge in [0.2, 0.25) is 5.88 Å². The van der Waals surface area contributed by atoms with Gasteiger partial charge in [0.1, 0.15) is 5.75 Å². The molecule has 2 saturated carbocycles. The highest BCUT2D eigenvalue weighted by Gasteiger charge is 2.29. The van der Waals surface area contributed by atoms with Crippen LogP contribution in [0.3, 0.4) is 0 Å². The van der Waals surface area contributed by atoms with Crippen molar-refractivity contribution in [1.82, 2.24) is 24.9 Å². The number of pyridine rings is 1. The molecule has 2 aromatic heterocycles. The van der Waals surface area contributed by atoms with Crippen molar-refractivity contribution in [3.8, 4) is 11.6 Å². The zero-order valence-corrected chi connectivity index (χ0v) is 22.2. The van der Waals surface area contributed by atoms with Gasteiger partial charge in [0, 0.05) is 36.8 Å². The van der Waals surface area contributed by atoms with Crippen LogP contribution in [0.1, 0.15) is 93.8 Å². The van der Waals surface area contributed by atoms with E-state index in [0.29, 0.717) is 36.3 Å². The number of guanidine groups is 1. The fourth-order valence-corrected chi connectivity index (χ4v) is 6.46. The van der Waals surface area contributed by atoms with E-state index in [-0.39, 0.29) is 0 Å². The van der Waals surface area contributed by atoms with Gasteiger partial charge in [-0.05, 0) is 50.2 Å². The van der Waals surface area contributed by atoms with E-state index >= 15 is 0 Å². The minimum absolute atomic E-state index is 0.337. The van der Waals surface area contributed by atoms with Crippen LogP contribution in [-0.2, 0) is 6.54 Å². The van der Waals surface area contributed by atoms with Crippen molar-refractivity contribution in [3.05, 3.63) is 60.0 Å². The Hall–Kier alpha value is -3.42. The molecule has 2 fully saturated rings. The van der Waals surface area contributed by atoms with E-state index in [9.17, 15) is 0 Å². The van der Waals surface area contributed by atoms with Gasteiger partial charge in [-0.25, -0.2) is 14.7 Å².